The predicted octanol–water partition coefficient (Wildman–Crippen LogP) is 3.56. The maximum atomic E-state index is 3.69. The van der Waals surface area contributed by atoms with Crippen LogP contribution in [0.5, 0.6) is 0 Å². The van der Waals surface area contributed by atoms with E-state index in [9.17, 15) is 0 Å². The molecule has 0 heterocycles. The van der Waals surface area contributed by atoms with Gasteiger partial charge in [0, 0.05) is 31.5 Å². The first kappa shape index (κ1) is 18.4. The summed E-state index contributed by atoms with van der Waals surface area (Å²) in [6, 6.07) is 0. The zero-order valence-electron chi connectivity index (χ0n) is 13.5. The molecule has 0 radical (unpaired) electrons. The van der Waals surface area contributed by atoms with Gasteiger partial charge in [-0.15, -0.1) is 0 Å². The molecule has 0 aromatic heterocycles. The highest BCUT2D eigenvalue weighted by atomic mass is 79.9. The van der Waals surface area contributed by atoms with E-state index in [1.54, 1.807) is 0 Å². The average Bonchev–Trinajstić information content (AvgIpc) is 2.19. The number of hydrogen-bond donors (Lipinski definition) is 0. The van der Waals surface area contributed by atoms with Gasteiger partial charge in [0.15, 0.2) is 0 Å². The zero-order chi connectivity index (χ0) is 14.3. The third-order valence-electron chi connectivity index (χ3n) is 3.38. The van der Waals surface area contributed by atoms with E-state index in [1.807, 2.05) is 0 Å². The van der Waals surface area contributed by atoms with E-state index >= 15 is 0 Å². The van der Waals surface area contributed by atoms with Gasteiger partial charge in [-0.1, -0.05) is 50.5 Å². The maximum Gasteiger partial charge on any atom is 0.0109 e. The molecule has 0 aliphatic rings. The molecule has 0 aromatic carbocycles. The molecule has 0 spiro atoms. The normalized spacial score (nSPS) is 14.8. The van der Waals surface area contributed by atoms with Gasteiger partial charge in [0.1, 0.15) is 0 Å². The first-order chi connectivity index (χ1) is 8.16. The van der Waals surface area contributed by atoms with Crippen molar-refractivity contribution in [3.63, 3.8) is 0 Å². The van der Waals surface area contributed by atoms with E-state index in [2.05, 4.69) is 74.4 Å². The summed E-state index contributed by atoms with van der Waals surface area (Å²) in [5.74, 6) is 1.45. The summed E-state index contributed by atoms with van der Waals surface area (Å²) in [4.78, 5) is 4.90. The Morgan fingerprint density at radius 2 is 1.56 bits per heavy atom. The minimum atomic E-state index is 0.372. The molecule has 2 nitrogen and oxygen atoms in total. The van der Waals surface area contributed by atoms with Gasteiger partial charge < -0.3 is 9.80 Å². The smallest absolute Gasteiger partial charge is 0.0109 e. The summed E-state index contributed by atoms with van der Waals surface area (Å²) >= 11 is 3.69. The number of rotatable bonds is 8. The van der Waals surface area contributed by atoms with Crippen LogP contribution in [0.3, 0.4) is 0 Å². The Kier molecular flexibility index (Phi) is 8.74. The molecular formula is C15H33BrN2. The lowest BCUT2D eigenvalue weighted by Crippen LogP contribution is -2.41. The van der Waals surface area contributed by atoms with Crippen LogP contribution in [-0.4, -0.2) is 55.4 Å². The molecule has 1 atom stereocenters. The molecular weight excluding hydrogens is 288 g/mol. The van der Waals surface area contributed by atoms with E-state index in [1.165, 1.54) is 19.6 Å². The standard InChI is InChI=1S/C15H33BrN2/c1-13(2)11-18(9-8-17(6)7)12-14(10-16)15(3,4)5/h13-14H,8-12H2,1-7H3. The first-order valence-corrected chi connectivity index (χ1v) is 8.22. The van der Waals surface area contributed by atoms with Crippen molar-refractivity contribution in [3.05, 3.63) is 0 Å². The molecule has 0 saturated carbocycles. The molecule has 0 N–H and O–H groups in total. The first-order valence-electron chi connectivity index (χ1n) is 7.09. The number of alkyl halides is 1. The van der Waals surface area contributed by atoms with Crippen molar-refractivity contribution in [3.8, 4) is 0 Å². The molecule has 3 heteroatoms. The minimum Gasteiger partial charge on any atom is -0.308 e. The van der Waals surface area contributed by atoms with Gasteiger partial charge in [0.2, 0.25) is 0 Å². The van der Waals surface area contributed by atoms with Gasteiger partial charge in [-0.3, -0.25) is 0 Å². The van der Waals surface area contributed by atoms with Crippen molar-refractivity contribution in [1.82, 2.24) is 9.80 Å². The Balaban J connectivity index is 4.45. The van der Waals surface area contributed by atoms with Gasteiger partial charge in [0.25, 0.3) is 0 Å². The van der Waals surface area contributed by atoms with E-state index in [-0.39, 0.29) is 0 Å². The third-order valence-corrected chi connectivity index (χ3v) is 4.16. The van der Waals surface area contributed by atoms with Crippen LogP contribution in [0.25, 0.3) is 0 Å². The van der Waals surface area contributed by atoms with Crippen LogP contribution in [0.4, 0.5) is 0 Å². The molecule has 0 bridgehead atoms. The topological polar surface area (TPSA) is 6.48 Å². The van der Waals surface area contributed by atoms with Crippen molar-refractivity contribution >= 4 is 15.9 Å². The molecule has 0 aliphatic carbocycles. The number of likely N-dealkylation sites (N-methyl/N-ethyl adjacent to an activating group) is 1. The van der Waals surface area contributed by atoms with Crippen molar-refractivity contribution in [2.45, 2.75) is 34.6 Å². The fourth-order valence-electron chi connectivity index (χ4n) is 1.98. The number of halogens is 1. The number of nitrogens with zero attached hydrogens (tertiary/aromatic N) is 2. The van der Waals surface area contributed by atoms with Crippen molar-refractivity contribution in [2.75, 3.05) is 45.6 Å². The van der Waals surface area contributed by atoms with Crippen LogP contribution in [-0.2, 0) is 0 Å². The van der Waals surface area contributed by atoms with Crippen LogP contribution in [0.2, 0.25) is 0 Å². The summed E-state index contributed by atoms with van der Waals surface area (Å²) in [6.45, 7) is 16.4. The summed E-state index contributed by atoms with van der Waals surface area (Å²) in [5, 5.41) is 1.09. The summed E-state index contributed by atoms with van der Waals surface area (Å²) < 4.78 is 0. The molecule has 110 valence electrons. The highest BCUT2D eigenvalue weighted by Gasteiger charge is 2.25. The van der Waals surface area contributed by atoms with Crippen molar-refractivity contribution in [1.29, 1.82) is 0 Å². The van der Waals surface area contributed by atoms with Gasteiger partial charge >= 0.3 is 0 Å². The molecule has 0 saturated heterocycles. The van der Waals surface area contributed by atoms with E-state index in [0.717, 1.165) is 17.8 Å². The van der Waals surface area contributed by atoms with Crippen LogP contribution in [0, 0.1) is 17.3 Å². The molecule has 0 fully saturated rings. The summed E-state index contributed by atoms with van der Waals surface area (Å²) in [5.41, 5.74) is 0.372. The molecule has 1 unspecified atom stereocenters. The molecule has 0 aliphatic heterocycles. The highest BCUT2D eigenvalue weighted by Crippen LogP contribution is 2.28. The van der Waals surface area contributed by atoms with Gasteiger partial charge in [0.05, 0.1) is 0 Å². The second kappa shape index (κ2) is 8.55. The minimum absolute atomic E-state index is 0.372. The average molecular weight is 321 g/mol. The van der Waals surface area contributed by atoms with E-state index in [4.69, 9.17) is 0 Å². The fraction of sp³-hybridized carbons (Fsp3) is 1.00. The zero-order valence-corrected chi connectivity index (χ0v) is 15.0. The number of hydrogen-bond acceptors (Lipinski definition) is 2. The largest absolute Gasteiger partial charge is 0.308 e. The van der Waals surface area contributed by atoms with E-state index < -0.39 is 0 Å². The SMILES string of the molecule is CC(C)CN(CCN(C)C)CC(CBr)C(C)(C)C. The Labute approximate surface area is 123 Å². The fourth-order valence-corrected chi connectivity index (χ4v) is 3.16. The van der Waals surface area contributed by atoms with Crippen LogP contribution in [0.1, 0.15) is 34.6 Å². The Hall–Kier alpha value is 0.400. The molecule has 0 amide bonds. The second-order valence-electron chi connectivity index (χ2n) is 7.17. The second-order valence-corrected chi connectivity index (χ2v) is 7.82. The maximum absolute atomic E-state index is 3.69. The monoisotopic (exact) mass is 320 g/mol. The van der Waals surface area contributed by atoms with Crippen LogP contribution in [0.15, 0.2) is 0 Å². The molecule has 0 rings (SSSR count). The summed E-state index contributed by atoms with van der Waals surface area (Å²) in [6.07, 6.45) is 0. The van der Waals surface area contributed by atoms with E-state index in [0.29, 0.717) is 11.3 Å². The van der Waals surface area contributed by atoms with Crippen LogP contribution >= 0.6 is 15.9 Å². The van der Waals surface area contributed by atoms with Gasteiger partial charge in [-0.25, -0.2) is 0 Å². The van der Waals surface area contributed by atoms with Gasteiger partial charge in [-0.05, 0) is 31.3 Å². The Bertz CT molecular complexity index is 209. The summed E-state index contributed by atoms with van der Waals surface area (Å²) in [7, 11) is 4.30. The van der Waals surface area contributed by atoms with Crippen molar-refractivity contribution in [2.24, 2.45) is 17.3 Å². The Morgan fingerprint density at radius 3 is 1.89 bits per heavy atom. The lowest BCUT2D eigenvalue weighted by molar-refractivity contribution is 0.144. The molecule has 18 heavy (non-hydrogen) atoms. The quantitative estimate of drug-likeness (QED) is 0.631. The van der Waals surface area contributed by atoms with Crippen LogP contribution < -0.4 is 0 Å². The highest BCUT2D eigenvalue weighted by molar-refractivity contribution is 9.09. The van der Waals surface area contributed by atoms with Crippen molar-refractivity contribution < 1.29 is 0 Å². The third kappa shape index (κ3) is 8.49. The van der Waals surface area contributed by atoms with Gasteiger partial charge in [-0.2, -0.15) is 0 Å². The lowest BCUT2D eigenvalue weighted by Gasteiger charge is -2.35. The lowest BCUT2D eigenvalue weighted by atomic mass is 9.81. The Morgan fingerprint density at radius 1 is 1.00 bits per heavy atom. The predicted molar refractivity (Wildman–Crippen MR) is 86.6 cm³/mol. The molecule has 0 aromatic rings.